The number of Topliss-reactive ketones (excluding diaryl/α,β-unsaturated/α-hetero) is 1. The second-order valence-corrected chi connectivity index (χ2v) is 6.82. The number of carbonyl (C=O) groups excluding carboxylic acids is 2. The third-order valence-corrected chi connectivity index (χ3v) is 4.59. The van der Waals surface area contributed by atoms with Gasteiger partial charge in [-0.15, -0.1) is 11.3 Å². The molecule has 0 saturated heterocycles. The summed E-state index contributed by atoms with van der Waals surface area (Å²) >= 11 is 1.48. The second kappa shape index (κ2) is 7.36. The highest BCUT2D eigenvalue weighted by atomic mass is 32.1. The normalized spacial score (nSPS) is 12.0. The van der Waals surface area contributed by atoms with Crippen molar-refractivity contribution >= 4 is 23.0 Å². The molecule has 0 fully saturated rings. The molecular weight excluding hydrogens is 294 g/mol. The molecule has 4 heteroatoms. The van der Waals surface area contributed by atoms with Gasteiger partial charge in [0.1, 0.15) is 0 Å². The summed E-state index contributed by atoms with van der Waals surface area (Å²) in [6.07, 6.45) is 0.485. The van der Waals surface area contributed by atoms with Crippen LogP contribution in [0, 0.1) is 13.8 Å². The molecule has 1 N–H and O–H groups in total. The third-order valence-electron chi connectivity index (χ3n) is 3.55. The first-order valence-corrected chi connectivity index (χ1v) is 8.23. The van der Waals surface area contributed by atoms with Gasteiger partial charge in [0.15, 0.2) is 5.78 Å². The zero-order valence-electron chi connectivity index (χ0n) is 13.2. The van der Waals surface area contributed by atoms with Crippen LogP contribution in [0.4, 0.5) is 0 Å². The summed E-state index contributed by atoms with van der Waals surface area (Å²) < 4.78 is 0. The van der Waals surface area contributed by atoms with E-state index in [0.29, 0.717) is 0 Å². The molecule has 2 rings (SSSR count). The first-order valence-electron chi connectivity index (χ1n) is 7.41. The molecule has 1 heterocycles. The fraction of sp³-hybridized carbons (Fsp3) is 0.333. The van der Waals surface area contributed by atoms with Crippen LogP contribution in [0.5, 0.6) is 0 Å². The largest absolute Gasteiger partial charge is 0.350 e. The molecule has 1 amide bonds. The summed E-state index contributed by atoms with van der Waals surface area (Å²) in [4.78, 5) is 25.8. The average molecular weight is 315 g/mol. The van der Waals surface area contributed by atoms with Gasteiger partial charge in [-0.25, -0.2) is 0 Å². The SMILES string of the molecule is Cc1ccc(C(C)NC(=O)CCC(=O)c2ccc(C)s2)cc1. The number of hydrogen-bond acceptors (Lipinski definition) is 3. The first-order chi connectivity index (χ1) is 10.5. The molecule has 3 nitrogen and oxygen atoms in total. The molecule has 116 valence electrons. The van der Waals surface area contributed by atoms with Gasteiger partial charge in [0, 0.05) is 17.7 Å². The molecule has 1 atom stereocenters. The third kappa shape index (κ3) is 4.53. The van der Waals surface area contributed by atoms with Crippen LogP contribution in [-0.4, -0.2) is 11.7 Å². The highest BCUT2D eigenvalue weighted by molar-refractivity contribution is 7.14. The lowest BCUT2D eigenvalue weighted by atomic mass is 10.1. The van der Waals surface area contributed by atoms with Crippen LogP contribution in [0.25, 0.3) is 0 Å². The Bertz CT molecular complexity index is 658. The summed E-state index contributed by atoms with van der Waals surface area (Å²) in [6, 6.07) is 11.8. The van der Waals surface area contributed by atoms with E-state index in [-0.39, 0.29) is 30.6 Å². The Morgan fingerprint density at radius 1 is 1.05 bits per heavy atom. The van der Waals surface area contributed by atoms with Gasteiger partial charge in [-0.2, -0.15) is 0 Å². The van der Waals surface area contributed by atoms with E-state index in [1.54, 1.807) is 0 Å². The Hall–Kier alpha value is -1.94. The van der Waals surface area contributed by atoms with Crippen LogP contribution in [0.1, 0.15) is 51.5 Å². The standard InChI is InChI=1S/C18H21NO2S/c1-12-4-7-15(8-5-12)14(3)19-18(21)11-9-16(20)17-10-6-13(2)22-17/h4-8,10,14H,9,11H2,1-3H3,(H,19,21). The van der Waals surface area contributed by atoms with Crippen molar-refractivity contribution in [2.24, 2.45) is 0 Å². The molecule has 0 aliphatic heterocycles. The Kier molecular flexibility index (Phi) is 5.50. The maximum absolute atomic E-state index is 12.0. The highest BCUT2D eigenvalue weighted by Gasteiger charge is 2.13. The molecule has 0 aliphatic carbocycles. The van der Waals surface area contributed by atoms with Crippen LogP contribution in [-0.2, 0) is 4.79 Å². The Morgan fingerprint density at radius 3 is 2.32 bits per heavy atom. The quantitative estimate of drug-likeness (QED) is 0.812. The van der Waals surface area contributed by atoms with Crippen molar-refractivity contribution in [1.82, 2.24) is 5.32 Å². The van der Waals surface area contributed by atoms with Gasteiger partial charge in [-0.1, -0.05) is 29.8 Å². The first kappa shape index (κ1) is 16.4. The fourth-order valence-corrected chi connectivity index (χ4v) is 3.02. The predicted molar refractivity (Wildman–Crippen MR) is 90.4 cm³/mol. The Labute approximate surface area is 135 Å². The van der Waals surface area contributed by atoms with Gasteiger partial charge in [-0.05, 0) is 38.5 Å². The molecule has 0 bridgehead atoms. The molecule has 0 radical (unpaired) electrons. The summed E-state index contributed by atoms with van der Waals surface area (Å²) in [5.74, 6) is -0.0501. The van der Waals surface area contributed by atoms with Crippen LogP contribution < -0.4 is 5.32 Å². The molecule has 0 aliphatic rings. The highest BCUT2D eigenvalue weighted by Crippen LogP contribution is 2.18. The minimum Gasteiger partial charge on any atom is -0.350 e. The van der Waals surface area contributed by atoms with Crippen molar-refractivity contribution in [3.8, 4) is 0 Å². The maximum atomic E-state index is 12.0. The molecule has 22 heavy (non-hydrogen) atoms. The number of thiophene rings is 1. The monoisotopic (exact) mass is 315 g/mol. The van der Waals surface area contributed by atoms with E-state index in [1.807, 2.05) is 57.2 Å². The van der Waals surface area contributed by atoms with Gasteiger partial charge in [-0.3, -0.25) is 9.59 Å². The predicted octanol–water partition coefficient (Wildman–Crippen LogP) is 4.21. The van der Waals surface area contributed by atoms with Gasteiger partial charge in [0.05, 0.1) is 10.9 Å². The van der Waals surface area contributed by atoms with Gasteiger partial charge in [0.2, 0.25) is 5.91 Å². The zero-order valence-corrected chi connectivity index (χ0v) is 14.0. The van der Waals surface area contributed by atoms with E-state index < -0.39 is 0 Å². The van der Waals surface area contributed by atoms with Crippen LogP contribution >= 0.6 is 11.3 Å². The Balaban J connectivity index is 1.82. The van der Waals surface area contributed by atoms with Crippen molar-refractivity contribution < 1.29 is 9.59 Å². The molecule has 2 aromatic rings. The smallest absolute Gasteiger partial charge is 0.220 e. The van der Waals surface area contributed by atoms with Crippen LogP contribution in [0.15, 0.2) is 36.4 Å². The van der Waals surface area contributed by atoms with Crippen molar-refractivity contribution in [3.05, 3.63) is 57.3 Å². The minimum atomic E-state index is -0.0882. The number of hydrogen-bond donors (Lipinski definition) is 1. The van der Waals surface area contributed by atoms with Gasteiger partial charge >= 0.3 is 0 Å². The molecule has 0 spiro atoms. The molecular formula is C18H21NO2S. The topological polar surface area (TPSA) is 46.2 Å². The summed E-state index contributed by atoms with van der Waals surface area (Å²) in [7, 11) is 0. The summed E-state index contributed by atoms with van der Waals surface area (Å²) in [6.45, 7) is 5.95. The van der Waals surface area contributed by atoms with E-state index in [1.165, 1.54) is 16.9 Å². The van der Waals surface area contributed by atoms with E-state index >= 15 is 0 Å². The fourth-order valence-electron chi connectivity index (χ4n) is 2.19. The van der Waals surface area contributed by atoms with E-state index in [2.05, 4.69) is 5.32 Å². The van der Waals surface area contributed by atoms with Crippen LogP contribution in [0.2, 0.25) is 0 Å². The van der Waals surface area contributed by atoms with Crippen molar-refractivity contribution in [2.45, 2.75) is 39.7 Å². The molecule has 1 aromatic carbocycles. The van der Waals surface area contributed by atoms with Crippen molar-refractivity contribution in [1.29, 1.82) is 0 Å². The van der Waals surface area contributed by atoms with Crippen LogP contribution in [0.3, 0.4) is 0 Å². The van der Waals surface area contributed by atoms with Crippen molar-refractivity contribution in [2.75, 3.05) is 0 Å². The maximum Gasteiger partial charge on any atom is 0.220 e. The van der Waals surface area contributed by atoms with E-state index in [0.717, 1.165) is 15.3 Å². The number of amides is 1. The number of rotatable bonds is 6. The lowest BCUT2D eigenvalue weighted by molar-refractivity contribution is -0.121. The number of ketones is 1. The second-order valence-electron chi connectivity index (χ2n) is 5.53. The molecule has 1 unspecified atom stereocenters. The number of nitrogens with one attached hydrogen (secondary N) is 1. The van der Waals surface area contributed by atoms with Crippen molar-refractivity contribution in [3.63, 3.8) is 0 Å². The van der Waals surface area contributed by atoms with Gasteiger partial charge in [0.25, 0.3) is 0 Å². The Morgan fingerprint density at radius 2 is 1.73 bits per heavy atom. The molecule has 1 aromatic heterocycles. The zero-order chi connectivity index (χ0) is 16.1. The lowest BCUT2D eigenvalue weighted by Gasteiger charge is -2.14. The average Bonchev–Trinajstić information content (AvgIpc) is 2.92. The van der Waals surface area contributed by atoms with E-state index in [4.69, 9.17) is 0 Å². The number of benzene rings is 1. The summed E-state index contributed by atoms with van der Waals surface area (Å²) in [5, 5.41) is 2.94. The summed E-state index contributed by atoms with van der Waals surface area (Å²) in [5.41, 5.74) is 2.26. The number of carbonyl (C=O) groups is 2. The minimum absolute atomic E-state index is 0.0382. The van der Waals surface area contributed by atoms with Gasteiger partial charge < -0.3 is 5.32 Å². The molecule has 0 saturated carbocycles. The lowest BCUT2D eigenvalue weighted by Crippen LogP contribution is -2.26. The number of aryl methyl sites for hydroxylation is 2. The van der Waals surface area contributed by atoms with E-state index in [9.17, 15) is 9.59 Å².